The van der Waals surface area contributed by atoms with E-state index >= 15 is 0 Å². The van der Waals surface area contributed by atoms with Gasteiger partial charge in [-0.3, -0.25) is 9.97 Å². The highest BCUT2D eigenvalue weighted by atomic mass is 14.7. The molecule has 0 amide bonds. The third kappa shape index (κ3) is 2.64. The fraction of sp³-hybridized carbons (Fsp3) is 0.200. The number of hydrogen-bond acceptors (Lipinski definition) is 2. The number of rotatable bonds is 4. The summed E-state index contributed by atoms with van der Waals surface area (Å²) in [6, 6.07) is 18.9. The molecule has 1 aromatic carbocycles. The molecular weight excluding hydrogens is 268 g/mol. The van der Waals surface area contributed by atoms with E-state index in [0.717, 1.165) is 11.6 Å². The summed E-state index contributed by atoms with van der Waals surface area (Å²) in [7, 11) is 0. The Morgan fingerprint density at radius 1 is 0.818 bits per heavy atom. The molecule has 2 aromatic heterocycles. The molecule has 108 valence electrons. The van der Waals surface area contributed by atoms with Crippen LogP contribution < -0.4 is 0 Å². The van der Waals surface area contributed by atoms with Gasteiger partial charge in [-0.1, -0.05) is 42.5 Å². The van der Waals surface area contributed by atoms with Crippen LogP contribution >= 0.6 is 0 Å². The van der Waals surface area contributed by atoms with Crippen molar-refractivity contribution in [3.63, 3.8) is 0 Å². The van der Waals surface area contributed by atoms with Gasteiger partial charge in [-0.05, 0) is 42.0 Å². The number of hydrogen-bond donors (Lipinski definition) is 0. The van der Waals surface area contributed by atoms with Crippen LogP contribution in [0.3, 0.4) is 0 Å². The zero-order valence-corrected chi connectivity index (χ0v) is 12.4. The van der Waals surface area contributed by atoms with E-state index in [1.54, 1.807) is 0 Å². The van der Waals surface area contributed by atoms with Gasteiger partial charge in [-0.2, -0.15) is 0 Å². The average Bonchev–Trinajstić information content (AvgIpc) is 3.43. The van der Waals surface area contributed by atoms with Crippen LogP contribution in [0.15, 0.2) is 73.2 Å². The van der Waals surface area contributed by atoms with Crippen LogP contribution in [-0.4, -0.2) is 9.97 Å². The van der Waals surface area contributed by atoms with E-state index in [4.69, 9.17) is 0 Å². The highest BCUT2D eigenvalue weighted by Gasteiger charge is 2.33. The first-order valence-electron chi connectivity index (χ1n) is 7.83. The predicted octanol–water partition coefficient (Wildman–Crippen LogP) is 4.69. The van der Waals surface area contributed by atoms with Crippen molar-refractivity contribution in [3.05, 3.63) is 84.3 Å². The summed E-state index contributed by atoms with van der Waals surface area (Å²) < 4.78 is 0. The first-order valence-corrected chi connectivity index (χ1v) is 7.83. The molecule has 0 radical (unpaired) electrons. The molecule has 1 atom stereocenters. The van der Waals surface area contributed by atoms with E-state index in [0.29, 0.717) is 5.92 Å². The maximum absolute atomic E-state index is 4.69. The Balaban J connectivity index is 1.67. The minimum atomic E-state index is 0.436. The van der Waals surface area contributed by atoms with E-state index in [2.05, 4.69) is 40.3 Å². The minimum absolute atomic E-state index is 0.436. The molecule has 2 nitrogen and oxygen atoms in total. The Labute approximate surface area is 130 Å². The Hall–Kier alpha value is -2.48. The average molecular weight is 286 g/mol. The largest absolute Gasteiger partial charge is 0.264 e. The smallest absolute Gasteiger partial charge is 0.0702 e. The van der Waals surface area contributed by atoms with Crippen molar-refractivity contribution < 1.29 is 0 Å². The summed E-state index contributed by atoms with van der Waals surface area (Å²) in [4.78, 5) is 8.97. The molecular formula is C20H18N2. The number of benzene rings is 1. The second kappa shape index (κ2) is 5.72. The molecule has 0 bridgehead atoms. The van der Waals surface area contributed by atoms with Crippen LogP contribution in [-0.2, 0) is 0 Å². The maximum Gasteiger partial charge on any atom is 0.0702 e. The summed E-state index contributed by atoms with van der Waals surface area (Å²) in [5, 5.41) is 0. The topological polar surface area (TPSA) is 25.8 Å². The SMILES string of the molecule is c1ccc(-c2ccc(C(c3cccnc3)C3CC3)cn2)cc1. The van der Waals surface area contributed by atoms with Crippen molar-refractivity contribution in [2.75, 3.05) is 0 Å². The molecule has 1 unspecified atom stereocenters. The van der Waals surface area contributed by atoms with Gasteiger partial charge in [0.15, 0.2) is 0 Å². The molecule has 1 aliphatic rings. The fourth-order valence-electron chi connectivity index (χ4n) is 3.10. The molecule has 2 heteroatoms. The van der Waals surface area contributed by atoms with Crippen LogP contribution in [0.2, 0.25) is 0 Å². The third-order valence-electron chi connectivity index (χ3n) is 4.35. The lowest BCUT2D eigenvalue weighted by Gasteiger charge is -2.17. The van der Waals surface area contributed by atoms with Gasteiger partial charge in [0.05, 0.1) is 5.69 Å². The fourth-order valence-corrected chi connectivity index (χ4v) is 3.10. The van der Waals surface area contributed by atoms with Crippen LogP contribution in [0.25, 0.3) is 11.3 Å². The number of nitrogens with zero attached hydrogens (tertiary/aromatic N) is 2. The summed E-state index contributed by atoms with van der Waals surface area (Å²) in [6.07, 6.45) is 8.48. The van der Waals surface area contributed by atoms with Gasteiger partial charge >= 0.3 is 0 Å². The van der Waals surface area contributed by atoms with Gasteiger partial charge in [0.1, 0.15) is 0 Å². The van der Waals surface area contributed by atoms with E-state index in [-0.39, 0.29) is 0 Å². The van der Waals surface area contributed by atoms with Crippen molar-refractivity contribution in [3.8, 4) is 11.3 Å². The second-order valence-electron chi connectivity index (χ2n) is 5.94. The van der Waals surface area contributed by atoms with Gasteiger partial charge in [0.25, 0.3) is 0 Å². The number of aromatic nitrogens is 2. The molecule has 1 fully saturated rings. The first kappa shape index (κ1) is 13.2. The molecule has 1 aliphatic carbocycles. The minimum Gasteiger partial charge on any atom is -0.264 e. The van der Waals surface area contributed by atoms with Gasteiger partial charge in [-0.25, -0.2) is 0 Å². The van der Waals surface area contributed by atoms with Crippen molar-refractivity contribution in [2.45, 2.75) is 18.8 Å². The van der Waals surface area contributed by atoms with Gasteiger partial charge in [0, 0.05) is 30.1 Å². The lowest BCUT2D eigenvalue weighted by molar-refractivity contribution is 0.698. The molecule has 22 heavy (non-hydrogen) atoms. The van der Waals surface area contributed by atoms with Crippen molar-refractivity contribution in [1.82, 2.24) is 9.97 Å². The quantitative estimate of drug-likeness (QED) is 0.695. The second-order valence-corrected chi connectivity index (χ2v) is 5.94. The van der Waals surface area contributed by atoms with Gasteiger partial charge in [0.2, 0.25) is 0 Å². The zero-order valence-electron chi connectivity index (χ0n) is 12.4. The van der Waals surface area contributed by atoms with Gasteiger partial charge < -0.3 is 0 Å². The molecule has 3 aromatic rings. The zero-order chi connectivity index (χ0) is 14.8. The van der Waals surface area contributed by atoms with E-state index in [1.165, 1.54) is 29.5 Å². The predicted molar refractivity (Wildman–Crippen MR) is 88.5 cm³/mol. The molecule has 4 rings (SSSR count). The third-order valence-corrected chi connectivity index (χ3v) is 4.35. The maximum atomic E-state index is 4.69. The summed E-state index contributed by atoms with van der Waals surface area (Å²) in [5.74, 6) is 1.18. The summed E-state index contributed by atoms with van der Waals surface area (Å²) in [6.45, 7) is 0. The van der Waals surface area contributed by atoms with Gasteiger partial charge in [-0.15, -0.1) is 0 Å². The molecule has 1 saturated carbocycles. The molecule has 2 heterocycles. The van der Waals surface area contributed by atoms with Crippen LogP contribution in [0, 0.1) is 5.92 Å². The lowest BCUT2D eigenvalue weighted by Crippen LogP contribution is -2.04. The molecule has 0 N–H and O–H groups in total. The normalized spacial score (nSPS) is 15.5. The Morgan fingerprint density at radius 2 is 1.64 bits per heavy atom. The Bertz CT molecular complexity index is 732. The van der Waals surface area contributed by atoms with Crippen LogP contribution in [0.5, 0.6) is 0 Å². The van der Waals surface area contributed by atoms with Crippen LogP contribution in [0.1, 0.15) is 29.9 Å². The monoisotopic (exact) mass is 286 g/mol. The van der Waals surface area contributed by atoms with E-state index in [1.807, 2.05) is 42.9 Å². The molecule has 0 aliphatic heterocycles. The first-order chi connectivity index (χ1) is 10.9. The van der Waals surface area contributed by atoms with Crippen LogP contribution in [0.4, 0.5) is 0 Å². The standard InChI is InChI=1S/C20H18N2/c1-2-5-15(6-3-1)19-11-10-18(14-22-19)20(16-8-9-16)17-7-4-12-21-13-17/h1-7,10-14,16,20H,8-9H2. The van der Waals surface area contributed by atoms with Crippen molar-refractivity contribution in [2.24, 2.45) is 5.92 Å². The van der Waals surface area contributed by atoms with E-state index in [9.17, 15) is 0 Å². The highest BCUT2D eigenvalue weighted by molar-refractivity contribution is 5.59. The number of pyridine rings is 2. The molecule has 0 saturated heterocycles. The van der Waals surface area contributed by atoms with E-state index < -0.39 is 0 Å². The highest BCUT2D eigenvalue weighted by Crippen LogP contribution is 2.46. The van der Waals surface area contributed by atoms with Crippen molar-refractivity contribution in [1.29, 1.82) is 0 Å². The summed E-state index contributed by atoms with van der Waals surface area (Å²) >= 11 is 0. The van der Waals surface area contributed by atoms with Crippen molar-refractivity contribution >= 4 is 0 Å². The Morgan fingerprint density at radius 3 is 2.27 bits per heavy atom. The summed E-state index contributed by atoms with van der Waals surface area (Å²) in [5.41, 5.74) is 4.80. The molecule has 0 spiro atoms. The lowest BCUT2D eigenvalue weighted by atomic mass is 9.89. The Kier molecular flexibility index (Phi) is 3.43.